The third-order valence-electron chi connectivity index (χ3n) is 14.9. The Morgan fingerprint density at radius 1 is 0.671 bits per heavy atom. The average molecular weight is 1110 g/mol. The molecule has 21 nitrogen and oxygen atoms in total. The molecule has 0 saturated heterocycles. The van der Waals surface area contributed by atoms with E-state index in [1.54, 1.807) is 63.9 Å². The number of hydrogen-bond donors (Lipinski definition) is 8. The van der Waals surface area contributed by atoms with Crippen LogP contribution in [-0.2, 0) is 49.6 Å². The van der Waals surface area contributed by atoms with Crippen molar-refractivity contribution < 1.29 is 52.6 Å². The Morgan fingerprint density at radius 2 is 1.24 bits per heavy atom. The number of rotatable bonds is 30. The predicted molar refractivity (Wildman–Crippen MR) is 306 cm³/mol. The number of amides is 10. The van der Waals surface area contributed by atoms with E-state index in [0.29, 0.717) is 24.1 Å². The summed E-state index contributed by atoms with van der Waals surface area (Å²) in [6, 6.07) is 1.35. The highest BCUT2D eigenvalue weighted by molar-refractivity contribution is 5.98. The number of primary amides is 1. The van der Waals surface area contributed by atoms with E-state index in [-0.39, 0.29) is 98.6 Å². The van der Waals surface area contributed by atoms with Gasteiger partial charge in [-0.05, 0) is 73.5 Å². The topological polar surface area (TPSA) is 289 Å². The summed E-state index contributed by atoms with van der Waals surface area (Å²) in [6.45, 7) is 14.7. The molecule has 21 heteroatoms. The zero-order valence-electron chi connectivity index (χ0n) is 49.8. The van der Waals surface area contributed by atoms with E-state index < -0.39 is 66.2 Å². The smallest absolute Gasteiger partial charge is 0.410 e. The van der Waals surface area contributed by atoms with Crippen LogP contribution in [0.2, 0.25) is 0 Å². The Labute approximate surface area is 471 Å². The number of nitrogens with zero attached hydrogens (tertiary/aromatic N) is 2. The number of carbonyl (C=O) groups excluding carboxylic acids is 9. The van der Waals surface area contributed by atoms with Crippen LogP contribution in [0.5, 0.6) is 0 Å². The summed E-state index contributed by atoms with van der Waals surface area (Å²) >= 11 is 0. The number of methoxy groups -OCH3 is 1. The molecule has 2 unspecified atom stereocenters. The van der Waals surface area contributed by atoms with E-state index in [1.165, 1.54) is 71.1 Å². The van der Waals surface area contributed by atoms with Crippen LogP contribution in [0.3, 0.4) is 0 Å². The Bertz CT molecular complexity index is 2060. The fourth-order valence-corrected chi connectivity index (χ4v) is 10.0. The maximum atomic E-state index is 14.2. The molecular weight excluding hydrogens is 1010 g/mol. The lowest BCUT2D eigenvalue weighted by atomic mass is 9.89. The number of hydrogen-bond acceptors (Lipinski definition) is 11. The summed E-state index contributed by atoms with van der Waals surface area (Å²) in [6.07, 6.45) is 13.0. The van der Waals surface area contributed by atoms with Crippen molar-refractivity contribution in [2.24, 2.45) is 29.4 Å². The molecule has 1 aliphatic carbocycles. The van der Waals surface area contributed by atoms with Crippen LogP contribution < -0.4 is 43.0 Å². The first-order valence-electron chi connectivity index (χ1n) is 29.0. The molecule has 9 N–H and O–H groups in total. The minimum absolute atomic E-state index is 0.0399. The molecule has 0 radical (unpaired) electrons. The van der Waals surface area contributed by atoms with Crippen molar-refractivity contribution >= 4 is 59.2 Å². The predicted octanol–water partition coefficient (Wildman–Crippen LogP) is 6.42. The van der Waals surface area contributed by atoms with Gasteiger partial charge in [-0.15, -0.1) is 0 Å². The maximum Gasteiger partial charge on any atom is 0.410 e. The minimum atomic E-state index is -1.08. The first-order valence-corrected chi connectivity index (χ1v) is 29.0. The maximum absolute atomic E-state index is 14.2. The monoisotopic (exact) mass is 1110 g/mol. The van der Waals surface area contributed by atoms with Crippen molar-refractivity contribution in [2.75, 3.05) is 40.1 Å². The molecule has 1 aromatic rings. The second kappa shape index (κ2) is 37.0. The average Bonchev–Trinajstić information content (AvgIpc) is 3.40. The lowest BCUT2D eigenvalue weighted by molar-refractivity contribution is -0.144. The highest BCUT2D eigenvalue weighted by atomic mass is 16.6. The van der Waals surface area contributed by atoms with Gasteiger partial charge in [0.15, 0.2) is 0 Å². The molecule has 0 bridgehead atoms. The number of urea groups is 1. The molecule has 0 aromatic heterocycles. The van der Waals surface area contributed by atoms with E-state index in [0.717, 1.165) is 25.7 Å². The van der Waals surface area contributed by atoms with Crippen molar-refractivity contribution in [1.29, 1.82) is 0 Å². The molecule has 2 rings (SSSR count). The molecule has 1 aliphatic rings. The third kappa shape index (κ3) is 25.3. The van der Waals surface area contributed by atoms with E-state index in [2.05, 4.69) is 37.2 Å². The van der Waals surface area contributed by atoms with Crippen molar-refractivity contribution in [3.05, 3.63) is 29.8 Å². The van der Waals surface area contributed by atoms with Gasteiger partial charge in [-0.25, -0.2) is 9.59 Å². The molecule has 448 valence electrons. The van der Waals surface area contributed by atoms with Crippen molar-refractivity contribution in [3.63, 3.8) is 0 Å². The lowest BCUT2D eigenvalue weighted by Crippen LogP contribution is -2.60. The van der Waals surface area contributed by atoms with Crippen molar-refractivity contribution in [3.8, 4) is 0 Å². The van der Waals surface area contributed by atoms with E-state index >= 15 is 0 Å². The fourth-order valence-electron chi connectivity index (χ4n) is 10.0. The number of carbonyl (C=O) groups is 9. The van der Waals surface area contributed by atoms with Gasteiger partial charge in [0.05, 0.1) is 18.6 Å². The van der Waals surface area contributed by atoms with Crippen molar-refractivity contribution in [2.45, 2.75) is 220 Å². The van der Waals surface area contributed by atoms with Crippen LogP contribution in [0, 0.1) is 23.7 Å². The van der Waals surface area contributed by atoms with Crippen LogP contribution >= 0.6 is 0 Å². The number of anilines is 1. The highest BCUT2D eigenvalue weighted by Gasteiger charge is 2.40. The second-order valence-corrected chi connectivity index (χ2v) is 22.4. The third-order valence-corrected chi connectivity index (χ3v) is 14.9. The lowest BCUT2D eigenvalue weighted by Gasteiger charge is -2.40. The van der Waals surface area contributed by atoms with Crippen LogP contribution in [0.15, 0.2) is 24.3 Å². The highest BCUT2D eigenvalue weighted by Crippen LogP contribution is 2.24. The summed E-state index contributed by atoms with van der Waals surface area (Å²) in [5.41, 5.74) is 6.18. The molecule has 0 heterocycles. The van der Waals surface area contributed by atoms with Crippen LogP contribution in [-0.4, -0.2) is 140 Å². The summed E-state index contributed by atoms with van der Waals surface area (Å²) in [5, 5.41) is 19.6. The minimum Gasteiger partial charge on any atom is -0.445 e. The van der Waals surface area contributed by atoms with E-state index in [1.807, 2.05) is 27.7 Å². The summed E-state index contributed by atoms with van der Waals surface area (Å²) in [5.74, 6) is -3.87. The quantitative estimate of drug-likeness (QED) is 0.0389. The molecule has 1 saturated carbocycles. The van der Waals surface area contributed by atoms with Gasteiger partial charge in [0.25, 0.3) is 0 Å². The molecule has 1 aromatic carbocycles. The fraction of sp³-hybridized carbons (Fsp3) is 0.741. The summed E-state index contributed by atoms with van der Waals surface area (Å²) in [7, 11) is 6.14. The molecule has 0 aliphatic heterocycles. The van der Waals surface area contributed by atoms with Gasteiger partial charge in [-0.2, -0.15) is 0 Å². The van der Waals surface area contributed by atoms with Gasteiger partial charge in [0.2, 0.25) is 41.4 Å². The zero-order valence-corrected chi connectivity index (χ0v) is 49.8. The Hall–Kier alpha value is -5.99. The SMILES string of the molecule is CC[C@H](C)C(C(CC(=O)NC)OC)N(C)C(=O)[C@@H](NC(=O)[C@H](C(C)C)N(C)C(=O)OCc1ccc(NC(=O)[C@H](CCCNC(N)=O)NC(=O)[C@@H](NC(=O)CCCC(=O)NC2CCCCCCCCCCC2)C(C)C)cc1)C(C)C. The molecule has 7 atom stereocenters. The Balaban J connectivity index is 2.09. The summed E-state index contributed by atoms with van der Waals surface area (Å²) < 4.78 is 11.4. The van der Waals surface area contributed by atoms with Crippen LogP contribution in [0.25, 0.3) is 0 Å². The number of benzene rings is 1. The first kappa shape index (κ1) is 69.1. The molecular formula is C58H100N10O11. The molecule has 0 spiro atoms. The van der Waals surface area contributed by atoms with Crippen LogP contribution in [0.1, 0.15) is 177 Å². The second-order valence-electron chi connectivity index (χ2n) is 22.4. The standard InChI is InChI=1S/C58H100N10O11/c1-13-40(8)52(45(78-12)35-48(71)60-9)67(10)56(75)50(38(4)5)66-55(74)51(39(6)7)68(11)58(77)79-36-41-30-32-43(33-31-41)63-53(72)44(27-24-34-61-57(59)76)64-54(73)49(37(2)3)65-47(70)29-23-28-46(69)62-42-25-21-19-17-15-14-16-18-20-22-26-42/h30-33,37-40,42,44-45,49-52H,13-29,34-36H2,1-12H3,(H,60,71)(H,62,69)(H,63,72)(H,64,73)(H,65,70)(H,66,74)(H3,59,61,76)/t40-,44-,45?,49-,50-,51-,52?/m0/s1. The normalized spacial score (nSPS) is 16.2. The van der Waals surface area contributed by atoms with Gasteiger partial charge in [-0.3, -0.25) is 38.5 Å². The largest absolute Gasteiger partial charge is 0.445 e. The summed E-state index contributed by atoms with van der Waals surface area (Å²) in [4.78, 5) is 122. The Kier molecular flexibility index (Phi) is 32.4. The number of nitrogens with two attached hydrogens (primary N) is 1. The van der Waals surface area contributed by atoms with E-state index in [9.17, 15) is 43.2 Å². The van der Waals surface area contributed by atoms with Crippen molar-refractivity contribution in [1.82, 2.24) is 41.7 Å². The molecule has 79 heavy (non-hydrogen) atoms. The molecule has 10 amide bonds. The van der Waals surface area contributed by atoms with Gasteiger partial charge >= 0.3 is 12.1 Å². The van der Waals surface area contributed by atoms with Gasteiger partial charge in [0, 0.05) is 59.4 Å². The molecule has 1 fully saturated rings. The van der Waals surface area contributed by atoms with Crippen LogP contribution in [0.4, 0.5) is 15.3 Å². The van der Waals surface area contributed by atoms with Gasteiger partial charge in [-0.1, -0.05) is 132 Å². The number of ether oxygens (including phenoxy) is 2. The Morgan fingerprint density at radius 3 is 1.76 bits per heavy atom. The van der Waals surface area contributed by atoms with E-state index in [4.69, 9.17) is 15.2 Å². The zero-order chi connectivity index (χ0) is 59.2. The first-order chi connectivity index (χ1) is 37.4. The van der Waals surface area contributed by atoms with Gasteiger partial charge < -0.3 is 57.3 Å². The number of likely N-dealkylation sites (N-methyl/N-ethyl adjacent to an activating group) is 2. The number of nitrogens with one attached hydrogen (secondary N) is 7. The van der Waals surface area contributed by atoms with Gasteiger partial charge in [0.1, 0.15) is 30.8 Å².